The summed E-state index contributed by atoms with van der Waals surface area (Å²) in [6.07, 6.45) is 0. The highest BCUT2D eigenvalue weighted by Crippen LogP contribution is 2.28. The van der Waals surface area contributed by atoms with E-state index < -0.39 is 17.7 Å². The van der Waals surface area contributed by atoms with E-state index in [1.807, 2.05) is 0 Å². The number of benzene rings is 2. The topological polar surface area (TPSA) is 66.5 Å². The second-order valence-electron chi connectivity index (χ2n) is 5.70. The lowest BCUT2D eigenvalue weighted by Crippen LogP contribution is -2.41. The van der Waals surface area contributed by atoms with Gasteiger partial charge in [-0.1, -0.05) is 41.4 Å². The lowest BCUT2D eigenvalue weighted by atomic mass is 10.1. The summed E-state index contributed by atoms with van der Waals surface area (Å²) >= 11 is 11.8. The van der Waals surface area contributed by atoms with Gasteiger partial charge in [0.2, 0.25) is 5.91 Å². The molecule has 3 amide bonds. The summed E-state index contributed by atoms with van der Waals surface area (Å²) in [5, 5.41) is 3.57. The fourth-order valence-corrected chi connectivity index (χ4v) is 3.08. The first-order chi connectivity index (χ1) is 11.9. The monoisotopic (exact) mass is 376 g/mol. The van der Waals surface area contributed by atoms with Gasteiger partial charge in [-0.15, -0.1) is 0 Å². The van der Waals surface area contributed by atoms with Crippen molar-refractivity contribution < 1.29 is 14.4 Å². The highest BCUT2D eigenvalue weighted by atomic mass is 35.5. The molecule has 0 radical (unpaired) electrons. The molecule has 2 aromatic rings. The average molecular weight is 377 g/mol. The minimum atomic E-state index is -0.556. The van der Waals surface area contributed by atoms with Crippen molar-refractivity contribution in [2.45, 2.75) is 13.0 Å². The Hall–Kier alpha value is -2.37. The molecule has 25 heavy (non-hydrogen) atoms. The summed E-state index contributed by atoms with van der Waals surface area (Å²) in [6.45, 7) is 1.45. The zero-order valence-corrected chi connectivity index (χ0v) is 14.8. The van der Waals surface area contributed by atoms with Crippen molar-refractivity contribution in [2.24, 2.45) is 0 Å². The molecule has 0 aliphatic carbocycles. The van der Waals surface area contributed by atoms with E-state index >= 15 is 0 Å². The fourth-order valence-electron chi connectivity index (χ4n) is 2.70. The van der Waals surface area contributed by atoms with Crippen LogP contribution < -0.4 is 5.32 Å². The van der Waals surface area contributed by atoms with Crippen molar-refractivity contribution in [3.8, 4) is 0 Å². The van der Waals surface area contributed by atoms with Gasteiger partial charge in [0, 0.05) is 5.02 Å². The Morgan fingerprint density at radius 2 is 1.76 bits per heavy atom. The molecule has 0 aromatic heterocycles. The van der Waals surface area contributed by atoms with Crippen molar-refractivity contribution in [3.05, 3.63) is 69.2 Å². The van der Waals surface area contributed by atoms with Crippen molar-refractivity contribution in [3.63, 3.8) is 0 Å². The lowest BCUT2D eigenvalue weighted by molar-refractivity contribution is -0.122. The molecule has 1 heterocycles. The zero-order valence-electron chi connectivity index (χ0n) is 13.3. The van der Waals surface area contributed by atoms with Gasteiger partial charge in [-0.05, 0) is 36.8 Å². The average Bonchev–Trinajstić information content (AvgIpc) is 2.81. The molecule has 1 atom stereocenters. The maximum atomic E-state index is 12.4. The van der Waals surface area contributed by atoms with Crippen LogP contribution in [0.1, 0.15) is 39.2 Å². The van der Waals surface area contributed by atoms with Crippen LogP contribution in [0.15, 0.2) is 42.5 Å². The van der Waals surface area contributed by atoms with Gasteiger partial charge in [-0.3, -0.25) is 19.3 Å². The van der Waals surface area contributed by atoms with Crippen LogP contribution in [0.3, 0.4) is 0 Å². The number of rotatable bonds is 4. The number of amides is 3. The number of halogens is 2. The minimum Gasteiger partial charge on any atom is -0.348 e. The molecule has 5 nitrogen and oxygen atoms in total. The normalized spacial score (nSPS) is 14.4. The van der Waals surface area contributed by atoms with Gasteiger partial charge in [0.1, 0.15) is 6.54 Å². The highest BCUT2D eigenvalue weighted by Gasteiger charge is 2.38. The van der Waals surface area contributed by atoms with E-state index in [0.29, 0.717) is 5.02 Å². The molecule has 2 aromatic carbocycles. The molecule has 1 aliphatic heterocycles. The number of nitrogens with zero attached hydrogens (tertiary/aromatic N) is 1. The van der Waals surface area contributed by atoms with Crippen LogP contribution in [0.5, 0.6) is 0 Å². The number of carbonyl (C=O) groups excluding carboxylic acids is 3. The molecule has 0 saturated carbocycles. The van der Waals surface area contributed by atoms with Crippen molar-refractivity contribution in [1.29, 1.82) is 0 Å². The summed E-state index contributed by atoms with van der Waals surface area (Å²) in [5.74, 6) is -1.51. The summed E-state index contributed by atoms with van der Waals surface area (Å²) in [5.41, 5.74) is 1.23. The molecule has 0 bridgehead atoms. The van der Waals surface area contributed by atoms with Crippen LogP contribution in [0.2, 0.25) is 10.0 Å². The molecule has 7 heteroatoms. The van der Waals surface area contributed by atoms with Gasteiger partial charge in [0.25, 0.3) is 11.8 Å². The maximum Gasteiger partial charge on any atom is 0.263 e. The van der Waals surface area contributed by atoms with E-state index in [0.717, 1.165) is 10.5 Å². The molecule has 0 saturated heterocycles. The Morgan fingerprint density at radius 1 is 1.08 bits per heavy atom. The molecule has 1 N–H and O–H groups in total. The van der Waals surface area contributed by atoms with E-state index in [9.17, 15) is 14.4 Å². The van der Waals surface area contributed by atoms with Crippen LogP contribution in [0.4, 0.5) is 0 Å². The molecule has 1 aliphatic rings. The fraction of sp³-hybridized carbons (Fsp3) is 0.167. The van der Waals surface area contributed by atoms with E-state index in [2.05, 4.69) is 5.32 Å². The lowest BCUT2D eigenvalue weighted by Gasteiger charge is -2.18. The van der Waals surface area contributed by atoms with Gasteiger partial charge in [0.15, 0.2) is 0 Å². The first-order valence-corrected chi connectivity index (χ1v) is 8.33. The first-order valence-electron chi connectivity index (χ1n) is 7.58. The predicted molar refractivity (Wildman–Crippen MR) is 94.8 cm³/mol. The zero-order chi connectivity index (χ0) is 18.1. The smallest absolute Gasteiger partial charge is 0.263 e. The van der Waals surface area contributed by atoms with Crippen molar-refractivity contribution in [2.75, 3.05) is 6.54 Å². The van der Waals surface area contributed by atoms with Gasteiger partial charge >= 0.3 is 0 Å². The third-order valence-corrected chi connectivity index (χ3v) is 4.56. The Bertz CT molecular complexity index is 865. The molecule has 3 rings (SSSR count). The molecular weight excluding hydrogens is 363 g/mol. The van der Waals surface area contributed by atoms with Crippen LogP contribution in [0.25, 0.3) is 0 Å². The second-order valence-corrected chi connectivity index (χ2v) is 6.54. The predicted octanol–water partition coefficient (Wildman–Crippen LogP) is 3.47. The molecule has 0 unspecified atom stereocenters. The third kappa shape index (κ3) is 3.38. The summed E-state index contributed by atoms with van der Waals surface area (Å²) in [4.78, 5) is 37.9. The van der Waals surface area contributed by atoms with Gasteiger partial charge in [-0.2, -0.15) is 0 Å². The van der Waals surface area contributed by atoms with Gasteiger partial charge in [-0.25, -0.2) is 0 Å². The van der Waals surface area contributed by atoms with Gasteiger partial charge < -0.3 is 5.32 Å². The minimum absolute atomic E-state index is 0.146. The number of imide groups is 1. The Kier molecular flexibility index (Phi) is 4.79. The van der Waals surface area contributed by atoms with Gasteiger partial charge in [0.05, 0.1) is 22.2 Å². The number of hydrogen-bond acceptors (Lipinski definition) is 3. The largest absolute Gasteiger partial charge is 0.348 e. The molecule has 0 fully saturated rings. The standard InChI is InChI=1S/C18H14Cl2N2O3/c1-10(11-5-7-12(19)8-6-11)21-15(23)9-22-17(24)13-3-2-4-14(20)16(13)18(22)25/h2-8,10H,9H2,1H3,(H,21,23)/t10-/m0/s1. The van der Waals surface area contributed by atoms with Crippen molar-refractivity contribution in [1.82, 2.24) is 10.2 Å². The maximum absolute atomic E-state index is 12.4. The Balaban J connectivity index is 1.70. The third-order valence-electron chi connectivity index (χ3n) is 4.00. The van der Waals surface area contributed by atoms with E-state index in [4.69, 9.17) is 23.2 Å². The van der Waals surface area contributed by atoms with E-state index in [1.165, 1.54) is 12.1 Å². The highest BCUT2D eigenvalue weighted by molar-refractivity contribution is 6.37. The second kappa shape index (κ2) is 6.86. The van der Waals surface area contributed by atoms with Crippen LogP contribution in [-0.2, 0) is 4.79 Å². The van der Waals surface area contributed by atoms with Crippen LogP contribution in [-0.4, -0.2) is 29.2 Å². The van der Waals surface area contributed by atoms with E-state index in [1.54, 1.807) is 37.3 Å². The Morgan fingerprint density at radius 3 is 2.40 bits per heavy atom. The Labute approximate surface area is 154 Å². The van der Waals surface area contributed by atoms with Crippen molar-refractivity contribution >= 4 is 40.9 Å². The summed E-state index contributed by atoms with van der Waals surface area (Å²) < 4.78 is 0. The number of fused-ring (bicyclic) bond motifs is 1. The van der Waals surface area contributed by atoms with Crippen LogP contribution >= 0.6 is 23.2 Å². The summed E-state index contributed by atoms with van der Waals surface area (Å²) in [6, 6.07) is 11.4. The van der Waals surface area contributed by atoms with Crippen LogP contribution in [0, 0.1) is 0 Å². The summed E-state index contributed by atoms with van der Waals surface area (Å²) in [7, 11) is 0. The SMILES string of the molecule is C[C@H](NC(=O)CN1C(=O)c2cccc(Cl)c2C1=O)c1ccc(Cl)cc1. The number of nitrogens with one attached hydrogen (secondary N) is 1. The molecular formula is C18H14Cl2N2O3. The van der Waals surface area contributed by atoms with E-state index in [-0.39, 0.29) is 28.7 Å². The molecule has 0 spiro atoms. The molecule has 128 valence electrons. The number of hydrogen-bond donors (Lipinski definition) is 1. The number of carbonyl (C=O) groups is 3. The first kappa shape index (κ1) is 17.5. The quantitative estimate of drug-likeness (QED) is 0.830.